The van der Waals surface area contributed by atoms with E-state index in [2.05, 4.69) is 15.9 Å². The van der Waals surface area contributed by atoms with E-state index in [1.807, 2.05) is 6.92 Å². The third-order valence-corrected chi connectivity index (χ3v) is 4.86. The molecule has 0 heterocycles. The highest BCUT2D eigenvalue weighted by Gasteiger charge is 2.12. The summed E-state index contributed by atoms with van der Waals surface area (Å²) < 4.78 is 26.7. The van der Waals surface area contributed by atoms with E-state index in [4.69, 9.17) is 5.73 Å². The standard InChI is InChI=1S/C14H13BrFNOS/c1-9-13(17)3-2-4-14(9)19(18)8-10-7-11(15)5-6-12(10)16/h2-7H,8,17H2,1H3. The lowest BCUT2D eigenvalue weighted by Gasteiger charge is -2.09. The second-order valence-corrected chi connectivity index (χ2v) is 6.53. The minimum absolute atomic E-state index is 0.134. The zero-order valence-electron chi connectivity index (χ0n) is 10.3. The van der Waals surface area contributed by atoms with Crippen molar-refractivity contribution in [3.8, 4) is 0 Å². The normalized spacial score (nSPS) is 12.4. The van der Waals surface area contributed by atoms with Crippen molar-refractivity contribution in [2.75, 3.05) is 5.73 Å². The van der Waals surface area contributed by atoms with Crippen LogP contribution in [0.15, 0.2) is 45.8 Å². The topological polar surface area (TPSA) is 43.1 Å². The fourth-order valence-corrected chi connectivity index (χ4v) is 3.51. The molecule has 0 saturated carbocycles. The number of halogens is 2. The van der Waals surface area contributed by atoms with E-state index >= 15 is 0 Å². The largest absolute Gasteiger partial charge is 0.398 e. The van der Waals surface area contributed by atoms with E-state index in [0.29, 0.717) is 16.1 Å². The Kier molecular flexibility index (Phi) is 4.37. The van der Waals surface area contributed by atoms with Gasteiger partial charge in [0.25, 0.3) is 0 Å². The van der Waals surface area contributed by atoms with Gasteiger partial charge in [0.1, 0.15) is 5.82 Å². The van der Waals surface area contributed by atoms with Gasteiger partial charge in [0.2, 0.25) is 0 Å². The molecule has 0 aliphatic heterocycles. The first kappa shape index (κ1) is 14.2. The smallest absolute Gasteiger partial charge is 0.127 e. The van der Waals surface area contributed by atoms with Crippen molar-refractivity contribution >= 4 is 32.4 Å². The molecule has 2 nitrogen and oxygen atoms in total. The Balaban J connectivity index is 2.31. The Labute approximate surface area is 122 Å². The summed E-state index contributed by atoms with van der Waals surface area (Å²) in [7, 11) is -1.32. The molecular formula is C14H13BrFNOS. The van der Waals surface area contributed by atoms with Gasteiger partial charge in [-0.25, -0.2) is 4.39 Å². The molecule has 19 heavy (non-hydrogen) atoms. The van der Waals surface area contributed by atoms with Crippen molar-refractivity contribution in [2.24, 2.45) is 0 Å². The Hall–Kier alpha value is -1.20. The molecule has 0 amide bonds. The van der Waals surface area contributed by atoms with Gasteiger partial charge in [-0.15, -0.1) is 0 Å². The molecule has 0 spiro atoms. The summed E-state index contributed by atoms with van der Waals surface area (Å²) in [5.74, 6) is -0.214. The number of benzene rings is 2. The first-order chi connectivity index (χ1) is 8.99. The molecule has 0 radical (unpaired) electrons. The summed E-state index contributed by atoms with van der Waals surface area (Å²) in [5.41, 5.74) is 7.60. The zero-order valence-corrected chi connectivity index (χ0v) is 12.7. The van der Waals surface area contributed by atoms with Crippen molar-refractivity contribution in [2.45, 2.75) is 17.6 Å². The van der Waals surface area contributed by atoms with E-state index in [1.54, 1.807) is 30.3 Å². The molecule has 100 valence electrons. The van der Waals surface area contributed by atoms with Gasteiger partial charge >= 0.3 is 0 Å². The molecule has 0 saturated heterocycles. The van der Waals surface area contributed by atoms with Crippen LogP contribution in [0.4, 0.5) is 10.1 Å². The van der Waals surface area contributed by atoms with Crippen molar-refractivity contribution in [1.29, 1.82) is 0 Å². The molecule has 2 N–H and O–H groups in total. The maximum absolute atomic E-state index is 13.6. The van der Waals surface area contributed by atoms with E-state index in [1.165, 1.54) is 6.07 Å². The monoisotopic (exact) mass is 341 g/mol. The Morgan fingerprint density at radius 2 is 2.05 bits per heavy atom. The zero-order chi connectivity index (χ0) is 14.0. The molecule has 2 aromatic carbocycles. The summed E-state index contributed by atoms with van der Waals surface area (Å²) in [6.07, 6.45) is 0. The first-order valence-electron chi connectivity index (χ1n) is 5.66. The summed E-state index contributed by atoms with van der Waals surface area (Å²) >= 11 is 3.28. The summed E-state index contributed by atoms with van der Waals surface area (Å²) in [6.45, 7) is 1.82. The lowest BCUT2D eigenvalue weighted by atomic mass is 10.2. The van der Waals surface area contributed by atoms with Crippen LogP contribution in [-0.2, 0) is 16.6 Å². The van der Waals surface area contributed by atoms with E-state index < -0.39 is 10.8 Å². The van der Waals surface area contributed by atoms with Gasteiger partial charge in [-0.2, -0.15) is 0 Å². The molecule has 0 fully saturated rings. The predicted octanol–water partition coefficient (Wildman–Crippen LogP) is 3.79. The Morgan fingerprint density at radius 3 is 2.79 bits per heavy atom. The van der Waals surface area contributed by atoms with Crippen LogP contribution in [0.5, 0.6) is 0 Å². The summed E-state index contributed by atoms with van der Waals surface area (Å²) in [5, 5.41) is 0. The van der Waals surface area contributed by atoms with Gasteiger partial charge in [0.05, 0.1) is 16.6 Å². The Bertz CT molecular complexity index is 645. The number of nitrogens with two attached hydrogens (primary N) is 1. The highest BCUT2D eigenvalue weighted by atomic mass is 79.9. The third-order valence-electron chi connectivity index (χ3n) is 2.87. The third kappa shape index (κ3) is 3.22. The quantitative estimate of drug-likeness (QED) is 0.863. The van der Waals surface area contributed by atoms with Crippen LogP contribution in [0.3, 0.4) is 0 Å². The van der Waals surface area contributed by atoms with E-state index in [0.717, 1.165) is 10.0 Å². The van der Waals surface area contributed by atoms with Crippen molar-refractivity contribution < 1.29 is 8.60 Å². The van der Waals surface area contributed by atoms with Crippen LogP contribution in [0.2, 0.25) is 0 Å². The molecule has 0 bridgehead atoms. The molecule has 1 atom stereocenters. The van der Waals surface area contributed by atoms with Gasteiger partial charge < -0.3 is 5.73 Å². The number of nitrogen functional groups attached to an aromatic ring is 1. The maximum atomic E-state index is 13.6. The molecule has 0 aliphatic carbocycles. The highest BCUT2D eigenvalue weighted by molar-refractivity contribution is 9.10. The van der Waals surface area contributed by atoms with Crippen LogP contribution >= 0.6 is 15.9 Å². The van der Waals surface area contributed by atoms with Gasteiger partial charge in [-0.05, 0) is 42.8 Å². The van der Waals surface area contributed by atoms with E-state index in [-0.39, 0.29) is 11.6 Å². The minimum atomic E-state index is -1.32. The van der Waals surface area contributed by atoms with Crippen LogP contribution in [0, 0.1) is 12.7 Å². The molecule has 0 aliphatic rings. The van der Waals surface area contributed by atoms with Crippen LogP contribution in [-0.4, -0.2) is 4.21 Å². The maximum Gasteiger partial charge on any atom is 0.127 e. The minimum Gasteiger partial charge on any atom is -0.398 e. The number of hydrogen-bond donors (Lipinski definition) is 1. The highest BCUT2D eigenvalue weighted by Crippen LogP contribution is 2.23. The average molecular weight is 342 g/mol. The molecule has 2 aromatic rings. The van der Waals surface area contributed by atoms with Crippen LogP contribution in [0.25, 0.3) is 0 Å². The second kappa shape index (κ2) is 5.84. The predicted molar refractivity (Wildman–Crippen MR) is 79.8 cm³/mol. The fraction of sp³-hybridized carbons (Fsp3) is 0.143. The molecule has 0 aromatic heterocycles. The van der Waals surface area contributed by atoms with Crippen molar-refractivity contribution in [3.63, 3.8) is 0 Å². The van der Waals surface area contributed by atoms with Gasteiger partial charge in [-0.1, -0.05) is 22.0 Å². The SMILES string of the molecule is Cc1c(N)cccc1S(=O)Cc1cc(Br)ccc1F. The molecule has 2 rings (SSSR count). The van der Waals surface area contributed by atoms with Gasteiger partial charge in [-0.3, -0.25) is 4.21 Å². The van der Waals surface area contributed by atoms with Gasteiger partial charge in [0.15, 0.2) is 0 Å². The lowest BCUT2D eigenvalue weighted by Crippen LogP contribution is -2.02. The fourth-order valence-electron chi connectivity index (χ4n) is 1.75. The number of rotatable bonds is 3. The molecule has 1 unspecified atom stereocenters. The number of hydrogen-bond acceptors (Lipinski definition) is 2. The average Bonchev–Trinajstić information content (AvgIpc) is 2.37. The summed E-state index contributed by atoms with van der Waals surface area (Å²) in [6, 6.07) is 9.91. The van der Waals surface area contributed by atoms with Crippen molar-refractivity contribution in [3.05, 3.63) is 57.8 Å². The molecule has 5 heteroatoms. The van der Waals surface area contributed by atoms with E-state index in [9.17, 15) is 8.60 Å². The van der Waals surface area contributed by atoms with Gasteiger partial charge in [0, 0.05) is 20.6 Å². The second-order valence-electron chi connectivity index (χ2n) is 4.20. The Morgan fingerprint density at radius 1 is 1.32 bits per heavy atom. The molecular weight excluding hydrogens is 329 g/mol. The van der Waals surface area contributed by atoms with Crippen molar-refractivity contribution in [1.82, 2.24) is 0 Å². The lowest BCUT2D eigenvalue weighted by molar-refractivity contribution is 0.615. The van der Waals surface area contributed by atoms with Crippen LogP contribution < -0.4 is 5.73 Å². The first-order valence-corrected chi connectivity index (χ1v) is 7.77. The van der Waals surface area contributed by atoms with Crippen LogP contribution in [0.1, 0.15) is 11.1 Å². The summed E-state index contributed by atoms with van der Waals surface area (Å²) in [4.78, 5) is 0.652. The number of anilines is 1.